The largest absolute Gasteiger partial charge is 0.416 e. The average Bonchev–Trinajstić information content (AvgIpc) is 2.88. The normalized spacial score (nSPS) is 20.9. The fourth-order valence-corrected chi connectivity index (χ4v) is 5.90. The summed E-state index contributed by atoms with van der Waals surface area (Å²) in [7, 11) is 2.13. The second-order valence-electron chi connectivity index (χ2n) is 11.1. The van der Waals surface area contributed by atoms with Gasteiger partial charge in [-0.25, -0.2) is 4.39 Å². The van der Waals surface area contributed by atoms with Crippen LogP contribution in [0.1, 0.15) is 60.5 Å². The van der Waals surface area contributed by atoms with E-state index >= 15 is 0 Å². The van der Waals surface area contributed by atoms with Crippen LogP contribution >= 0.6 is 0 Å². The van der Waals surface area contributed by atoms with Crippen LogP contribution in [0.2, 0.25) is 0 Å². The van der Waals surface area contributed by atoms with Crippen molar-refractivity contribution in [1.82, 2.24) is 15.1 Å². The molecular formula is C29H35F4N3O2. The number of carbonyl (C=O) groups is 2. The highest BCUT2D eigenvalue weighted by atomic mass is 19.4. The van der Waals surface area contributed by atoms with Crippen LogP contribution in [0.25, 0.3) is 0 Å². The number of benzene rings is 2. The van der Waals surface area contributed by atoms with Gasteiger partial charge in [0, 0.05) is 25.6 Å². The van der Waals surface area contributed by atoms with Crippen molar-refractivity contribution in [2.24, 2.45) is 11.3 Å². The number of halogens is 4. The van der Waals surface area contributed by atoms with E-state index in [0.717, 1.165) is 32.4 Å². The summed E-state index contributed by atoms with van der Waals surface area (Å²) in [6, 6.07) is 11.2. The molecule has 4 rings (SSSR count). The van der Waals surface area contributed by atoms with Crippen molar-refractivity contribution in [2.45, 2.75) is 51.2 Å². The summed E-state index contributed by atoms with van der Waals surface area (Å²) in [6.45, 7) is 6.50. The lowest BCUT2D eigenvalue weighted by atomic mass is 9.62. The Kier molecular flexibility index (Phi) is 8.16. The molecule has 1 spiro atoms. The van der Waals surface area contributed by atoms with E-state index in [4.69, 9.17) is 0 Å². The van der Waals surface area contributed by atoms with E-state index in [1.807, 2.05) is 6.07 Å². The van der Waals surface area contributed by atoms with Crippen LogP contribution in [0.4, 0.5) is 17.6 Å². The van der Waals surface area contributed by atoms with Gasteiger partial charge < -0.3 is 15.1 Å². The van der Waals surface area contributed by atoms with Crippen molar-refractivity contribution in [3.8, 4) is 0 Å². The van der Waals surface area contributed by atoms with Gasteiger partial charge in [-0.3, -0.25) is 9.59 Å². The lowest BCUT2D eigenvalue weighted by Gasteiger charge is -2.52. The van der Waals surface area contributed by atoms with Gasteiger partial charge in [-0.05, 0) is 68.0 Å². The highest BCUT2D eigenvalue weighted by Gasteiger charge is 2.46. The zero-order valence-corrected chi connectivity index (χ0v) is 22.0. The molecule has 2 atom stereocenters. The van der Waals surface area contributed by atoms with Gasteiger partial charge in [-0.15, -0.1) is 0 Å². The maximum atomic E-state index is 14.3. The molecule has 0 aromatic heterocycles. The highest BCUT2D eigenvalue weighted by Crippen LogP contribution is 2.50. The maximum absolute atomic E-state index is 14.3. The summed E-state index contributed by atoms with van der Waals surface area (Å²) in [4.78, 5) is 30.4. The molecule has 2 heterocycles. The van der Waals surface area contributed by atoms with Crippen LogP contribution in [-0.2, 0) is 11.0 Å². The number of piperidine rings is 2. The summed E-state index contributed by atoms with van der Waals surface area (Å²) >= 11 is 0. The van der Waals surface area contributed by atoms with Crippen LogP contribution in [0.15, 0.2) is 48.5 Å². The summed E-state index contributed by atoms with van der Waals surface area (Å²) in [6.07, 6.45) is -2.03. The van der Waals surface area contributed by atoms with Gasteiger partial charge in [0.2, 0.25) is 5.91 Å². The maximum Gasteiger partial charge on any atom is 0.416 e. The third kappa shape index (κ3) is 5.87. The number of alkyl halides is 3. The molecule has 38 heavy (non-hydrogen) atoms. The van der Waals surface area contributed by atoms with Crippen molar-refractivity contribution in [3.63, 3.8) is 0 Å². The van der Waals surface area contributed by atoms with Gasteiger partial charge in [0.15, 0.2) is 0 Å². The molecule has 0 saturated carbocycles. The average molecular weight is 534 g/mol. The zero-order chi connectivity index (χ0) is 27.7. The minimum Gasteiger partial charge on any atom is -0.341 e. The Balaban J connectivity index is 1.47. The Morgan fingerprint density at radius 1 is 1.00 bits per heavy atom. The SMILES string of the molecule is CC(C)C(NC(=O)c1cc(C(F)(F)F)ccc1F)C(=O)N1CCC2(CCN(C)CC2c2ccccc2)CC1. The number of amides is 2. The Morgan fingerprint density at radius 2 is 1.63 bits per heavy atom. The summed E-state index contributed by atoms with van der Waals surface area (Å²) < 4.78 is 53.6. The second-order valence-corrected chi connectivity index (χ2v) is 11.1. The Bertz CT molecular complexity index is 1140. The Hall–Kier alpha value is -2.94. The quantitative estimate of drug-likeness (QED) is 0.529. The number of nitrogens with zero attached hydrogens (tertiary/aromatic N) is 2. The second kappa shape index (κ2) is 11.0. The molecule has 1 N–H and O–H groups in total. The van der Waals surface area contributed by atoms with Crippen LogP contribution in [0.3, 0.4) is 0 Å². The number of likely N-dealkylation sites (tertiary alicyclic amines) is 2. The van der Waals surface area contributed by atoms with Gasteiger partial charge in [0.05, 0.1) is 11.1 Å². The summed E-state index contributed by atoms with van der Waals surface area (Å²) in [5.74, 6) is -2.38. The van der Waals surface area contributed by atoms with E-state index in [1.54, 1.807) is 18.7 Å². The van der Waals surface area contributed by atoms with E-state index in [0.29, 0.717) is 37.2 Å². The third-order valence-corrected chi connectivity index (χ3v) is 8.26. The van der Waals surface area contributed by atoms with Crippen LogP contribution in [-0.4, -0.2) is 60.9 Å². The van der Waals surface area contributed by atoms with Gasteiger partial charge in [0.25, 0.3) is 5.91 Å². The van der Waals surface area contributed by atoms with Crippen molar-refractivity contribution in [1.29, 1.82) is 0 Å². The predicted molar refractivity (Wildman–Crippen MR) is 137 cm³/mol. The van der Waals surface area contributed by atoms with Crippen LogP contribution in [0.5, 0.6) is 0 Å². The van der Waals surface area contributed by atoms with Gasteiger partial charge >= 0.3 is 6.18 Å². The van der Waals surface area contributed by atoms with Crippen LogP contribution < -0.4 is 5.32 Å². The smallest absolute Gasteiger partial charge is 0.341 e. The molecule has 2 amide bonds. The number of nitrogens with one attached hydrogen (secondary N) is 1. The molecule has 9 heteroatoms. The molecule has 2 fully saturated rings. The predicted octanol–water partition coefficient (Wildman–Crippen LogP) is 5.33. The monoisotopic (exact) mass is 533 g/mol. The molecule has 2 saturated heterocycles. The Morgan fingerprint density at radius 3 is 2.24 bits per heavy atom. The first-order valence-electron chi connectivity index (χ1n) is 13.1. The first-order valence-corrected chi connectivity index (χ1v) is 13.1. The number of hydrogen-bond acceptors (Lipinski definition) is 3. The minimum atomic E-state index is -4.72. The first-order chi connectivity index (χ1) is 17.9. The molecule has 2 aliphatic heterocycles. The van der Waals surface area contributed by atoms with Crippen molar-refractivity contribution < 1.29 is 27.2 Å². The van der Waals surface area contributed by atoms with E-state index in [9.17, 15) is 27.2 Å². The summed E-state index contributed by atoms with van der Waals surface area (Å²) in [5.41, 5.74) is -0.478. The van der Waals surface area contributed by atoms with E-state index in [-0.39, 0.29) is 17.2 Å². The molecule has 0 radical (unpaired) electrons. The molecular weight excluding hydrogens is 498 g/mol. The standard InChI is InChI=1S/C29H35F4N3O2/c1-19(2)25(34-26(37)22-17-21(29(31,32)33)9-10-24(22)30)27(38)36-15-12-28(13-16-36)11-14-35(3)18-23(28)20-7-5-4-6-8-20/h4-10,17,19,23,25H,11-16,18H2,1-3H3,(H,34,37). The Labute approximate surface area is 221 Å². The number of rotatable bonds is 5. The molecule has 2 aromatic carbocycles. The van der Waals surface area contributed by atoms with E-state index in [2.05, 4.69) is 41.5 Å². The molecule has 0 aliphatic carbocycles. The third-order valence-electron chi connectivity index (χ3n) is 8.26. The van der Waals surface area contributed by atoms with Gasteiger partial charge in [-0.2, -0.15) is 13.2 Å². The number of likely N-dealkylation sites (N-methyl/N-ethyl adjacent to an activating group) is 1. The highest BCUT2D eigenvalue weighted by molar-refractivity contribution is 5.98. The minimum absolute atomic E-state index is 0.0718. The molecule has 5 nitrogen and oxygen atoms in total. The summed E-state index contributed by atoms with van der Waals surface area (Å²) in [5, 5.41) is 2.52. The number of hydrogen-bond donors (Lipinski definition) is 1. The van der Waals surface area contributed by atoms with E-state index in [1.165, 1.54) is 5.56 Å². The lowest BCUT2D eigenvalue weighted by molar-refractivity contribution is -0.138. The molecule has 2 aliphatic rings. The fourth-order valence-electron chi connectivity index (χ4n) is 5.90. The zero-order valence-electron chi connectivity index (χ0n) is 22.0. The number of carbonyl (C=O) groups excluding carboxylic acids is 2. The molecule has 2 unspecified atom stereocenters. The van der Waals surface area contributed by atoms with Crippen molar-refractivity contribution in [2.75, 3.05) is 33.2 Å². The van der Waals surface area contributed by atoms with Gasteiger partial charge in [-0.1, -0.05) is 44.2 Å². The fraction of sp³-hybridized carbons (Fsp3) is 0.517. The van der Waals surface area contributed by atoms with Crippen molar-refractivity contribution >= 4 is 11.8 Å². The molecule has 0 bridgehead atoms. The van der Waals surface area contributed by atoms with Crippen molar-refractivity contribution in [3.05, 3.63) is 71.0 Å². The topological polar surface area (TPSA) is 52.7 Å². The lowest BCUT2D eigenvalue weighted by Crippen LogP contribution is -2.56. The molecule has 2 aromatic rings. The first kappa shape index (κ1) is 28.1. The molecule has 206 valence electrons. The van der Waals surface area contributed by atoms with Gasteiger partial charge in [0.1, 0.15) is 11.9 Å². The van der Waals surface area contributed by atoms with Crippen LogP contribution in [0, 0.1) is 17.2 Å². The van der Waals surface area contributed by atoms with E-state index < -0.39 is 35.1 Å².